The lowest BCUT2D eigenvalue weighted by Crippen LogP contribution is -2.46. The smallest absolute Gasteiger partial charge is 0.253 e. The summed E-state index contributed by atoms with van der Waals surface area (Å²) in [5.41, 5.74) is 2.09. The molecule has 0 aliphatic carbocycles. The molecule has 1 saturated heterocycles. The first-order valence-electron chi connectivity index (χ1n) is 9.50. The first-order chi connectivity index (χ1) is 12.7. The Morgan fingerprint density at radius 1 is 1.08 bits per heavy atom. The number of hydrogen-bond acceptors (Lipinski definition) is 2. The number of piperidine rings is 1. The van der Waals surface area contributed by atoms with Crippen LogP contribution in [-0.4, -0.2) is 41.4 Å². The standard InChI is InChI=1S/C22H27ClN2O/c1-2-14-25(17-18-8-10-20(23)11-9-18)21-12-15-24(16-13-21)22(26)19-6-4-3-5-7-19/h3-11,21H,2,12-17H2,1H3. The minimum atomic E-state index is 0.156. The first-order valence-corrected chi connectivity index (χ1v) is 9.88. The lowest BCUT2D eigenvalue weighted by atomic mass is 10.0. The molecule has 3 nitrogen and oxygen atoms in total. The summed E-state index contributed by atoms with van der Waals surface area (Å²) >= 11 is 6.00. The van der Waals surface area contributed by atoms with Gasteiger partial charge in [-0.05, 0) is 55.6 Å². The maximum absolute atomic E-state index is 12.6. The van der Waals surface area contributed by atoms with Gasteiger partial charge in [0.05, 0.1) is 0 Å². The molecule has 0 atom stereocenters. The third kappa shape index (κ3) is 4.87. The third-order valence-electron chi connectivity index (χ3n) is 5.10. The average Bonchev–Trinajstić information content (AvgIpc) is 2.69. The Labute approximate surface area is 161 Å². The highest BCUT2D eigenvalue weighted by Gasteiger charge is 2.27. The Bertz CT molecular complexity index is 694. The van der Waals surface area contributed by atoms with E-state index in [1.807, 2.05) is 47.4 Å². The fourth-order valence-corrected chi connectivity index (χ4v) is 3.83. The predicted octanol–water partition coefficient (Wildman–Crippen LogP) is 4.86. The maximum Gasteiger partial charge on any atom is 0.253 e. The number of amides is 1. The summed E-state index contributed by atoms with van der Waals surface area (Å²) < 4.78 is 0. The highest BCUT2D eigenvalue weighted by atomic mass is 35.5. The zero-order valence-electron chi connectivity index (χ0n) is 15.4. The van der Waals surface area contributed by atoms with E-state index in [2.05, 4.69) is 24.0 Å². The molecular formula is C22H27ClN2O. The molecule has 1 aliphatic rings. The van der Waals surface area contributed by atoms with Crippen molar-refractivity contribution in [3.8, 4) is 0 Å². The van der Waals surface area contributed by atoms with E-state index < -0.39 is 0 Å². The van der Waals surface area contributed by atoms with E-state index in [9.17, 15) is 4.79 Å². The minimum Gasteiger partial charge on any atom is -0.339 e. The van der Waals surface area contributed by atoms with Crippen LogP contribution < -0.4 is 0 Å². The molecule has 1 heterocycles. The summed E-state index contributed by atoms with van der Waals surface area (Å²) in [5, 5.41) is 0.781. The summed E-state index contributed by atoms with van der Waals surface area (Å²) in [6.07, 6.45) is 3.20. The van der Waals surface area contributed by atoms with Crippen LogP contribution in [0.3, 0.4) is 0 Å². The minimum absolute atomic E-state index is 0.156. The van der Waals surface area contributed by atoms with Gasteiger partial charge in [0.25, 0.3) is 5.91 Å². The molecule has 4 heteroatoms. The largest absolute Gasteiger partial charge is 0.339 e. The fraction of sp³-hybridized carbons (Fsp3) is 0.409. The summed E-state index contributed by atoms with van der Waals surface area (Å²) in [7, 11) is 0. The van der Waals surface area contributed by atoms with Crippen LogP contribution in [0.4, 0.5) is 0 Å². The molecular weight excluding hydrogens is 344 g/mol. The van der Waals surface area contributed by atoms with E-state index in [0.29, 0.717) is 6.04 Å². The van der Waals surface area contributed by atoms with Crippen molar-refractivity contribution in [3.05, 3.63) is 70.7 Å². The normalized spacial score (nSPS) is 15.4. The van der Waals surface area contributed by atoms with Gasteiger partial charge in [-0.1, -0.05) is 48.9 Å². The quantitative estimate of drug-likeness (QED) is 0.725. The van der Waals surface area contributed by atoms with Gasteiger partial charge in [-0.25, -0.2) is 0 Å². The molecule has 1 amide bonds. The van der Waals surface area contributed by atoms with Crippen LogP contribution in [0.15, 0.2) is 54.6 Å². The monoisotopic (exact) mass is 370 g/mol. The average molecular weight is 371 g/mol. The summed E-state index contributed by atoms with van der Waals surface area (Å²) in [6.45, 7) is 5.92. The second kappa shape index (κ2) is 9.20. The van der Waals surface area contributed by atoms with Gasteiger partial charge < -0.3 is 4.90 Å². The molecule has 0 aromatic heterocycles. The Morgan fingerprint density at radius 2 is 1.73 bits per heavy atom. The highest BCUT2D eigenvalue weighted by Crippen LogP contribution is 2.21. The molecule has 0 bridgehead atoms. The van der Waals surface area contributed by atoms with Gasteiger partial charge in [0.1, 0.15) is 0 Å². The van der Waals surface area contributed by atoms with Crippen LogP contribution in [0.1, 0.15) is 42.1 Å². The van der Waals surface area contributed by atoms with E-state index in [4.69, 9.17) is 11.6 Å². The fourth-order valence-electron chi connectivity index (χ4n) is 3.70. The lowest BCUT2D eigenvalue weighted by molar-refractivity contribution is 0.0607. The number of carbonyl (C=O) groups excluding carboxylic acids is 1. The van der Waals surface area contributed by atoms with Crippen molar-refractivity contribution in [3.63, 3.8) is 0 Å². The molecule has 0 N–H and O–H groups in total. The number of likely N-dealkylation sites (tertiary alicyclic amines) is 1. The molecule has 138 valence electrons. The van der Waals surface area contributed by atoms with Crippen molar-refractivity contribution in [2.75, 3.05) is 19.6 Å². The van der Waals surface area contributed by atoms with Crippen LogP contribution >= 0.6 is 11.6 Å². The third-order valence-corrected chi connectivity index (χ3v) is 5.35. The van der Waals surface area contributed by atoms with Crippen molar-refractivity contribution >= 4 is 17.5 Å². The van der Waals surface area contributed by atoms with Gasteiger partial charge in [0, 0.05) is 36.3 Å². The lowest BCUT2D eigenvalue weighted by Gasteiger charge is -2.38. The van der Waals surface area contributed by atoms with E-state index in [1.165, 1.54) is 5.56 Å². The van der Waals surface area contributed by atoms with Crippen molar-refractivity contribution in [2.45, 2.75) is 38.8 Å². The predicted molar refractivity (Wildman–Crippen MR) is 108 cm³/mol. The van der Waals surface area contributed by atoms with Crippen LogP contribution in [0.25, 0.3) is 0 Å². The van der Waals surface area contributed by atoms with E-state index >= 15 is 0 Å². The number of benzene rings is 2. The Kier molecular flexibility index (Phi) is 6.70. The van der Waals surface area contributed by atoms with E-state index in [0.717, 1.165) is 56.0 Å². The second-order valence-corrected chi connectivity index (χ2v) is 7.42. The van der Waals surface area contributed by atoms with Gasteiger partial charge in [-0.2, -0.15) is 0 Å². The van der Waals surface area contributed by atoms with Crippen LogP contribution in [0, 0.1) is 0 Å². The summed E-state index contributed by atoms with van der Waals surface area (Å²) in [5.74, 6) is 0.156. The van der Waals surface area contributed by atoms with Gasteiger partial charge in [0.2, 0.25) is 0 Å². The molecule has 0 saturated carbocycles. The van der Waals surface area contributed by atoms with Crippen LogP contribution in [0.2, 0.25) is 5.02 Å². The number of hydrogen-bond donors (Lipinski definition) is 0. The van der Waals surface area contributed by atoms with E-state index in [-0.39, 0.29) is 5.91 Å². The number of rotatable bonds is 6. The maximum atomic E-state index is 12.6. The number of carbonyl (C=O) groups is 1. The zero-order valence-corrected chi connectivity index (χ0v) is 16.2. The number of halogens is 1. The molecule has 26 heavy (non-hydrogen) atoms. The van der Waals surface area contributed by atoms with Gasteiger partial charge in [0.15, 0.2) is 0 Å². The van der Waals surface area contributed by atoms with Crippen LogP contribution in [0.5, 0.6) is 0 Å². The SMILES string of the molecule is CCCN(Cc1ccc(Cl)cc1)C1CCN(C(=O)c2ccccc2)CC1. The van der Waals surface area contributed by atoms with Gasteiger partial charge >= 0.3 is 0 Å². The first kappa shape index (κ1) is 18.9. The van der Waals surface area contributed by atoms with Crippen molar-refractivity contribution in [2.24, 2.45) is 0 Å². The van der Waals surface area contributed by atoms with Gasteiger partial charge in [-0.3, -0.25) is 9.69 Å². The van der Waals surface area contributed by atoms with E-state index in [1.54, 1.807) is 0 Å². The van der Waals surface area contributed by atoms with Gasteiger partial charge in [-0.15, -0.1) is 0 Å². The Balaban J connectivity index is 1.59. The molecule has 0 unspecified atom stereocenters. The molecule has 1 aliphatic heterocycles. The topological polar surface area (TPSA) is 23.6 Å². The second-order valence-electron chi connectivity index (χ2n) is 6.99. The molecule has 3 rings (SSSR count). The molecule has 0 radical (unpaired) electrons. The van der Waals surface area contributed by atoms with Crippen molar-refractivity contribution in [1.29, 1.82) is 0 Å². The highest BCUT2D eigenvalue weighted by molar-refractivity contribution is 6.30. The Morgan fingerprint density at radius 3 is 2.35 bits per heavy atom. The zero-order chi connectivity index (χ0) is 18.4. The Hall–Kier alpha value is -1.84. The van der Waals surface area contributed by atoms with Crippen LogP contribution in [-0.2, 0) is 6.54 Å². The summed E-state index contributed by atoms with van der Waals surface area (Å²) in [4.78, 5) is 17.2. The number of nitrogens with zero attached hydrogens (tertiary/aromatic N) is 2. The molecule has 2 aromatic carbocycles. The molecule has 1 fully saturated rings. The van der Waals surface area contributed by atoms with Crippen molar-refractivity contribution < 1.29 is 4.79 Å². The molecule has 2 aromatic rings. The summed E-state index contributed by atoms with van der Waals surface area (Å²) in [6, 6.07) is 18.3. The molecule has 0 spiro atoms. The van der Waals surface area contributed by atoms with Crippen molar-refractivity contribution in [1.82, 2.24) is 9.80 Å².